The van der Waals surface area contributed by atoms with E-state index in [1.165, 1.54) is 20.3 Å². The number of hydrazine groups is 1. The van der Waals surface area contributed by atoms with Crippen molar-refractivity contribution >= 4 is 29.9 Å². The highest BCUT2D eigenvalue weighted by molar-refractivity contribution is 5.93. The largest absolute Gasteiger partial charge is 0.449 e. The molecule has 166 valence electrons. The quantitative estimate of drug-likeness (QED) is 0.516. The summed E-state index contributed by atoms with van der Waals surface area (Å²) in [6, 6.07) is 9.05. The first kappa shape index (κ1) is 23.2. The summed E-state index contributed by atoms with van der Waals surface area (Å²) >= 11 is 0. The lowest BCUT2D eigenvalue weighted by Crippen LogP contribution is -2.52. The van der Waals surface area contributed by atoms with Gasteiger partial charge in [-0.1, -0.05) is 30.3 Å². The van der Waals surface area contributed by atoms with Crippen LogP contribution in [-0.4, -0.2) is 40.7 Å². The van der Waals surface area contributed by atoms with Crippen LogP contribution in [0.15, 0.2) is 45.0 Å². The van der Waals surface area contributed by atoms with Gasteiger partial charge in [0.25, 0.3) is 5.56 Å². The first-order chi connectivity index (χ1) is 14.8. The zero-order valence-corrected chi connectivity index (χ0v) is 17.6. The summed E-state index contributed by atoms with van der Waals surface area (Å²) in [6.07, 6.45) is -0.592. The van der Waals surface area contributed by atoms with Crippen LogP contribution in [0.2, 0.25) is 0 Å². The van der Waals surface area contributed by atoms with Crippen LogP contribution < -0.4 is 27.1 Å². The number of hydrazone groups is 1. The molecule has 12 nitrogen and oxygen atoms in total. The first-order valence-electron chi connectivity index (χ1n) is 9.36. The third-order valence-electron chi connectivity index (χ3n) is 3.98. The number of anilines is 2. The van der Waals surface area contributed by atoms with Gasteiger partial charge in [-0.2, -0.15) is 10.1 Å². The Kier molecular flexibility index (Phi) is 7.94. The zero-order chi connectivity index (χ0) is 23.0. The van der Waals surface area contributed by atoms with Crippen LogP contribution in [0.5, 0.6) is 0 Å². The molecule has 0 spiro atoms. The van der Waals surface area contributed by atoms with Gasteiger partial charge >= 0.3 is 17.9 Å². The van der Waals surface area contributed by atoms with Crippen LogP contribution in [-0.2, 0) is 23.6 Å². The van der Waals surface area contributed by atoms with Crippen LogP contribution in [0.25, 0.3) is 0 Å². The molecule has 0 aliphatic carbocycles. The van der Waals surface area contributed by atoms with E-state index >= 15 is 0 Å². The molecule has 31 heavy (non-hydrogen) atoms. The van der Waals surface area contributed by atoms with E-state index in [0.717, 1.165) is 14.7 Å². The number of carbonyl (C=O) groups is 2. The fraction of sp³-hybridized carbons (Fsp3) is 0.316. The lowest BCUT2D eigenvalue weighted by Gasteiger charge is -2.24. The minimum Gasteiger partial charge on any atom is -0.449 e. The molecular weight excluding hydrogens is 408 g/mol. The molecule has 0 aliphatic heterocycles. The summed E-state index contributed by atoms with van der Waals surface area (Å²) in [4.78, 5) is 49.8. The standard InChI is InChI=1S/C19H24N6O6/c1-5-30-17(27)22-25(19(29)31-6-2)14-15(23(3)18(28)24(4)16(14)26)21-20-12-13-10-8-7-9-11-13/h7-12,21H,5-6H2,1-4H3,(H,22,27). The lowest BCUT2D eigenvalue weighted by molar-refractivity contribution is 0.138. The molecular formula is C19H24N6O6. The van der Waals surface area contributed by atoms with Gasteiger partial charge < -0.3 is 9.47 Å². The van der Waals surface area contributed by atoms with Gasteiger partial charge in [0.05, 0.1) is 19.4 Å². The number of rotatable bonds is 6. The van der Waals surface area contributed by atoms with Crippen LogP contribution in [0, 0.1) is 0 Å². The van der Waals surface area contributed by atoms with Gasteiger partial charge in [-0.25, -0.2) is 19.8 Å². The van der Waals surface area contributed by atoms with E-state index in [9.17, 15) is 19.2 Å². The van der Waals surface area contributed by atoms with Crippen LogP contribution in [0.1, 0.15) is 19.4 Å². The van der Waals surface area contributed by atoms with Crippen molar-refractivity contribution in [3.63, 3.8) is 0 Å². The minimum atomic E-state index is -1.05. The van der Waals surface area contributed by atoms with Gasteiger partial charge in [-0.15, -0.1) is 0 Å². The predicted molar refractivity (Wildman–Crippen MR) is 114 cm³/mol. The maximum absolute atomic E-state index is 12.9. The molecule has 2 amide bonds. The lowest BCUT2D eigenvalue weighted by atomic mass is 10.2. The average Bonchev–Trinajstić information content (AvgIpc) is 2.76. The Labute approximate surface area is 177 Å². The van der Waals surface area contributed by atoms with Crippen molar-refractivity contribution in [1.82, 2.24) is 14.6 Å². The van der Waals surface area contributed by atoms with Gasteiger partial charge in [0.15, 0.2) is 11.5 Å². The maximum atomic E-state index is 12.9. The second-order valence-electron chi connectivity index (χ2n) is 6.05. The second kappa shape index (κ2) is 10.6. The molecule has 0 atom stereocenters. The van der Waals surface area contributed by atoms with Crippen molar-refractivity contribution in [3.8, 4) is 0 Å². The molecule has 0 fully saturated rings. The van der Waals surface area contributed by atoms with Crippen molar-refractivity contribution in [1.29, 1.82) is 0 Å². The summed E-state index contributed by atoms with van der Waals surface area (Å²) < 4.78 is 11.6. The summed E-state index contributed by atoms with van der Waals surface area (Å²) in [6.45, 7) is 3.13. The number of nitrogens with zero attached hydrogens (tertiary/aromatic N) is 4. The number of hydrogen-bond donors (Lipinski definition) is 2. The summed E-state index contributed by atoms with van der Waals surface area (Å²) in [5, 5.41) is 4.62. The number of hydrogen-bond acceptors (Lipinski definition) is 8. The van der Waals surface area contributed by atoms with Crippen molar-refractivity contribution < 1.29 is 19.1 Å². The zero-order valence-electron chi connectivity index (χ0n) is 17.6. The Balaban J connectivity index is 2.59. The molecule has 12 heteroatoms. The first-order valence-corrected chi connectivity index (χ1v) is 9.36. The van der Waals surface area contributed by atoms with Gasteiger partial charge in [-0.05, 0) is 19.4 Å². The summed E-state index contributed by atoms with van der Waals surface area (Å²) in [7, 11) is 2.61. The van der Waals surface area contributed by atoms with E-state index in [2.05, 4.69) is 16.0 Å². The van der Waals surface area contributed by atoms with E-state index in [1.807, 2.05) is 18.2 Å². The van der Waals surface area contributed by atoms with Gasteiger partial charge in [-0.3, -0.25) is 19.4 Å². The number of amides is 2. The summed E-state index contributed by atoms with van der Waals surface area (Å²) in [5.74, 6) is -0.148. The van der Waals surface area contributed by atoms with Crippen LogP contribution in [0.3, 0.4) is 0 Å². The second-order valence-corrected chi connectivity index (χ2v) is 6.05. The van der Waals surface area contributed by atoms with Gasteiger partial charge in [0.1, 0.15) is 0 Å². The average molecular weight is 432 g/mol. The van der Waals surface area contributed by atoms with E-state index in [-0.39, 0.29) is 24.7 Å². The summed E-state index contributed by atoms with van der Waals surface area (Å²) in [5.41, 5.74) is 3.57. The Bertz CT molecular complexity index is 1080. The Morgan fingerprint density at radius 1 is 1.06 bits per heavy atom. The highest BCUT2D eigenvalue weighted by atomic mass is 16.6. The molecule has 0 saturated heterocycles. The molecule has 1 aromatic carbocycles. The number of benzene rings is 1. The smallest absolute Gasteiger partial charge is 0.433 e. The van der Waals surface area contributed by atoms with Crippen molar-refractivity contribution in [2.45, 2.75) is 13.8 Å². The molecule has 0 saturated carbocycles. The third-order valence-corrected chi connectivity index (χ3v) is 3.98. The number of aromatic nitrogens is 2. The van der Waals surface area contributed by atoms with E-state index in [0.29, 0.717) is 5.01 Å². The molecule has 0 aliphatic rings. The molecule has 1 heterocycles. The normalized spacial score (nSPS) is 10.6. The Hall–Kier alpha value is -4.09. The van der Waals surface area contributed by atoms with Gasteiger partial charge in [0, 0.05) is 14.1 Å². The monoisotopic (exact) mass is 432 g/mol. The molecule has 2 aromatic rings. The predicted octanol–water partition coefficient (Wildman–Crippen LogP) is 1.15. The minimum absolute atomic E-state index is 0.0269. The number of nitrogens with one attached hydrogen (secondary N) is 2. The fourth-order valence-electron chi connectivity index (χ4n) is 2.50. The molecule has 1 aromatic heterocycles. The SMILES string of the molecule is CCOC(=O)NN(C(=O)OCC)c1c(NN=Cc2ccccc2)n(C)c(=O)n(C)c1=O. The van der Waals surface area contributed by atoms with Crippen molar-refractivity contribution in [2.24, 2.45) is 19.2 Å². The molecule has 0 radical (unpaired) electrons. The third kappa shape index (κ3) is 5.50. The highest BCUT2D eigenvalue weighted by Crippen LogP contribution is 2.19. The van der Waals surface area contributed by atoms with Gasteiger partial charge in [0.2, 0.25) is 0 Å². The van der Waals surface area contributed by atoms with Crippen LogP contribution >= 0.6 is 0 Å². The molecule has 0 unspecified atom stereocenters. The molecule has 2 rings (SSSR count). The van der Waals surface area contributed by atoms with E-state index in [1.54, 1.807) is 26.0 Å². The van der Waals surface area contributed by atoms with Crippen molar-refractivity contribution in [3.05, 3.63) is 56.7 Å². The maximum Gasteiger partial charge on any atom is 0.433 e. The topological polar surface area (TPSA) is 136 Å². The number of ether oxygens (including phenoxy) is 2. The van der Waals surface area contributed by atoms with Crippen molar-refractivity contribution in [2.75, 3.05) is 23.6 Å². The molecule has 0 bridgehead atoms. The molecule has 2 N–H and O–H groups in total. The Morgan fingerprint density at radius 2 is 1.71 bits per heavy atom. The number of carbonyl (C=O) groups excluding carboxylic acids is 2. The van der Waals surface area contributed by atoms with E-state index in [4.69, 9.17) is 9.47 Å². The van der Waals surface area contributed by atoms with Crippen LogP contribution in [0.4, 0.5) is 21.1 Å². The highest BCUT2D eigenvalue weighted by Gasteiger charge is 2.29. The van der Waals surface area contributed by atoms with E-state index < -0.39 is 23.4 Å². The Morgan fingerprint density at radius 3 is 2.32 bits per heavy atom. The fourth-order valence-corrected chi connectivity index (χ4v) is 2.50.